The van der Waals surface area contributed by atoms with Crippen LogP contribution < -0.4 is 0 Å². The zero-order valence-electron chi connectivity index (χ0n) is 13.9. The average Bonchev–Trinajstić information content (AvgIpc) is 2.77. The highest BCUT2D eigenvalue weighted by Gasteiger charge is 2.25. The summed E-state index contributed by atoms with van der Waals surface area (Å²) in [5.74, 6) is -0.728. The molecule has 1 unspecified atom stereocenters. The van der Waals surface area contributed by atoms with Gasteiger partial charge in [0.05, 0.1) is 11.3 Å². The molecule has 1 aliphatic heterocycles. The van der Waals surface area contributed by atoms with E-state index in [1.54, 1.807) is 19.3 Å². The van der Waals surface area contributed by atoms with Crippen molar-refractivity contribution in [2.45, 2.75) is 26.2 Å². The lowest BCUT2D eigenvalue weighted by molar-refractivity contribution is -0.132. The second-order valence-electron chi connectivity index (χ2n) is 6.17. The fraction of sp³-hybridized carbons (Fsp3) is 0.250. The summed E-state index contributed by atoms with van der Waals surface area (Å²) in [6.07, 6.45) is 5.63. The number of aliphatic imine (C=N–C) groups is 1. The first-order valence-electron chi connectivity index (χ1n) is 8.21. The van der Waals surface area contributed by atoms with E-state index in [1.807, 2.05) is 24.3 Å². The van der Waals surface area contributed by atoms with Crippen molar-refractivity contribution in [1.82, 2.24) is 4.98 Å². The zero-order chi connectivity index (χ0) is 17.8. The molecule has 0 aliphatic carbocycles. The summed E-state index contributed by atoms with van der Waals surface area (Å²) in [5.41, 5.74) is 4.07. The first-order chi connectivity index (χ1) is 12.0. The first kappa shape index (κ1) is 17.5. The molecule has 0 radical (unpaired) electrons. The predicted molar refractivity (Wildman–Crippen MR) is 102 cm³/mol. The minimum Gasteiger partial charge on any atom is -0.478 e. The molecule has 0 spiro atoms. The summed E-state index contributed by atoms with van der Waals surface area (Å²) in [6, 6.07) is 12.1. The molecule has 1 aromatic carbocycles. The summed E-state index contributed by atoms with van der Waals surface area (Å²) in [7, 11) is 0. The number of carboxylic acid groups (broad SMARTS) is 1. The van der Waals surface area contributed by atoms with Crippen molar-refractivity contribution in [2.75, 3.05) is 0 Å². The van der Waals surface area contributed by atoms with Gasteiger partial charge in [0.25, 0.3) is 0 Å². The molecule has 5 heteroatoms. The third-order valence-corrected chi connectivity index (χ3v) is 4.99. The number of benzene rings is 1. The Bertz CT molecular complexity index is 827. The maximum absolute atomic E-state index is 11.5. The van der Waals surface area contributed by atoms with Crippen LogP contribution in [0.1, 0.15) is 30.9 Å². The van der Waals surface area contributed by atoms with E-state index in [1.165, 1.54) is 5.56 Å². The van der Waals surface area contributed by atoms with Crippen LogP contribution in [0.15, 0.2) is 69.5 Å². The van der Waals surface area contributed by atoms with Gasteiger partial charge in [-0.05, 0) is 49.9 Å². The minimum atomic E-state index is -0.879. The van der Waals surface area contributed by atoms with Crippen LogP contribution in [-0.2, 0) is 11.2 Å². The Balaban J connectivity index is 1.98. The van der Waals surface area contributed by atoms with Gasteiger partial charge in [-0.1, -0.05) is 34.1 Å². The predicted octanol–water partition coefficient (Wildman–Crippen LogP) is 4.64. The van der Waals surface area contributed by atoms with E-state index in [0.717, 1.165) is 28.6 Å². The third-order valence-electron chi connectivity index (χ3n) is 4.47. The normalized spacial score (nSPS) is 17.8. The number of aliphatic carboxylic acids is 1. The van der Waals surface area contributed by atoms with Crippen LogP contribution in [0, 0.1) is 5.92 Å². The van der Waals surface area contributed by atoms with E-state index in [4.69, 9.17) is 4.99 Å². The van der Waals surface area contributed by atoms with Gasteiger partial charge < -0.3 is 5.11 Å². The molecule has 0 saturated heterocycles. The van der Waals surface area contributed by atoms with Gasteiger partial charge in [-0.15, -0.1) is 0 Å². The molecule has 1 atom stereocenters. The molecule has 25 heavy (non-hydrogen) atoms. The van der Waals surface area contributed by atoms with Crippen LogP contribution in [0.5, 0.6) is 0 Å². The molecule has 2 heterocycles. The summed E-state index contributed by atoms with van der Waals surface area (Å²) in [6.45, 7) is 1.78. The molecule has 1 aromatic heterocycles. The van der Waals surface area contributed by atoms with E-state index in [0.29, 0.717) is 17.7 Å². The number of aromatic nitrogens is 1. The lowest BCUT2D eigenvalue weighted by Gasteiger charge is -2.18. The summed E-state index contributed by atoms with van der Waals surface area (Å²) >= 11 is 3.46. The lowest BCUT2D eigenvalue weighted by atomic mass is 9.87. The van der Waals surface area contributed by atoms with Crippen molar-refractivity contribution in [3.05, 3.63) is 75.7 Å². The molecule has 2 aromatic rings. The molecule has 0 bridgehead atoms. The standard InChI is InChI=1S/C20H19BrN2O2/c1-13-18(20(24)25)9-6-15(11-14-4-7-17(21)8-5-14)19(23-13)16-3-2-10-22-12-16/h2-5,7-8,10,12,15H,6,9,11H2,1H3,(H,24,25). The number of hydrogen-bond acceptors (Lipinski definition) is 3. The van der Waals surface area contributed by atoms with E-state index in [9.17, 15) is 9.90 Å². The Hall–Kier alpha value is -2.27. The van der Waals surface area contributed by atoms with Crippen LogP contribution in [0.3, 0.4) is 0 Å². The molecular weight excluding hydrogens is 380 g/mol. The topological polar surface area (TPSA) is 62.5 Å². The van der Waals surface area contributed by atoms with Gasteiger partial charge in [0.1, 0.15) is 0 Å². The van der Waals surface area contributed by atoms with Crippen LogP contribution in [-0.4, -0.2) is 21.8 Å². The van der Waals surface area contributed by atoms with Crippen molar-refractivity contribution in [3.8, 4) is 0 Å². The van der Waals surface area contributed by atoms with Crippen LogP contribution >= 0.6 is 15.9 Å². The third kappa shape index (κ3) is 4.23. The molecule has 3 rings (SSSR count). The Labute approximate surface area is 155 Å². The number of pyridine rings is 1. The first-order valence-corrected chi connectivity index (χ1v) is 9.00. The van der Waals surface area contributed by atoms with Gasteiger partial charge in [-0.25, -0.2) is 4.79 Å². The largest absolute Gasteiger partial charge is 0.478 e. The number of rotatable bonds is 4. The Morgan fingerprint density at radius 3 is 2.68 bits per heavy atom. The average molecular weight is 399 g/mol. The Kier molecular flexibility index (Phi) is 5.43. The number of hydrogen-bond donors (Lipinski definition) is 1. The second kappa shape index (κ2) is 7.74. The minimum absolute atomic E-state index is 0.150. The SMILES string of the molecule is CC1=C(C(=O)O)CCC(Cc2ccc(Br)cc2)C(c2cccnc2)=N1. The van der Waals surface area contributed by atoms with Gasteiger partial charge in [-0.2, -0.15) is 0 Å². The Morgan fingerprint density at radius 2 is 2.04 bits per heavy atom. The fourth-order valence-corrected chi connectivity index (χ4v) is 3.42. The lowest BCUT2D eigenvalue weighted by Crippen LogP contribution is -2.18. The zero-order valence-corrected chi connectivity index (χ0v) is 15.5. The summed E-state index contributed by atoms with van der Waals surface area (Å²) in [4.78, 5) is 20.4. The number of carbonyl (C=O) groups is 1. The second-order valence-corrected chi connectivity index (χ2v) is 7.09. The highest BCUT2D eigenvalue weighted by molar-refractivity contribution is 9.10. The quantitative estimate of drug-likeness (QED) is 0.815. The van der Waals surface area contributed by atoms with E-state index < -0.39 is 5.97 Å². The number of allylic oxidation sites excluding steroid dienone is 1. The fourth-order valence-electron chi connectivity index (χ4n) is 3.16. The molecule has 0 saturated carbocycles. The van der Waals surface area contributed by atoms with Crippen molar-refractivity contribution in [2.24, 2.45) is 10.9 Å². The van der Waals surface area contributed by atoms with E-state index in [-0.39, 0.29) is 5.92 Å². The maximum atomic E-state index is 11.5. The smallest absolute Gasteiger partial charge is 0.333 e. The Morgan fingerprint density at radius 1 is 1.28 bits per heavy atom. The maximum Gasteiger partial charge on any atom is 0.333 e. The monoisotopic (exact) mass is 398 g/mol. The summed E-state index contributed by atoms with van der Waals surface area (Å²) in [5, 5.41) is 9.45. The van der Waals surface area contributed by atoms with Gasteiger partial charge in [0.15, 0.2) is 0 Å². The van der Waals surface area contributed by atoms with Crippen LogP contribution in [0.2, 0.25) is 0 Å². The number of halogens is 1. The van der Waals surface area contributed by atoms with Crippen molar-refractivity contribution in [1.29, 1.82) is 0 Å². The molecule has 0 fully saturated rings. The van der Waals surface area contributed by atoms with E-state index >= 15 is 0 Å². The molecule has 128 valence electrons. The molecule has 4 nitrogen and oxygen atoms in total. The number of carboxylic acids is 1. The van der Waals surface area contributed by atoms with Gasteiger partial charge in [0.2, 0.25) is 0 Å². The van der Waals surface area contributed by atoms with Crippen molar-refractivity contribution >= 4 is 27.6 Å². The molecule has 1 aliphatic rings. The summed E-state index contributed by atoms with van der Waals surface area (Å²) < 4.78 is 1.05. The highest BCUT2D eigenvalue weighted by Crippen LogP contribution is 2.28. The number of nitrogens with zero attached hydrogens (tertiary/aromatic N) is 2. The van der Waals surface area contributed by atoms with Crippen molar-refractivity contribution < 1.29 is 9.90 Å². The van der Waals surface area contributed by atoms with Gasteiger partial charge in [0, 0.05) is 34.0 Å². The molecular formula is C20H19BrN2O2. The van der Waals surface area contributed by atoms with Crippen LogP contribution in [0.25, 0.3) is 0 Å². The molecule has 0 amide bonds. The van der Waals surface area contributed by atoms with Crippen molar-refractivity contribution in [3.63, 3.8) is 0 Å². The highest BCUT2D eigenvalue weighted by atomic mass is 79.9. The van der Waals surface area contributed by atoms with Gasteiger partial charge in [-0.3, -0.25) is 9.98 Å². The van der Waals surface area contributed by atoms with E-state index in [2.05, 4.69) is 33.0 Å². The van der Waals surface area contributed by atoms with Crippen LogP contribution in [0.4, 0.5) is 0 Å². The molecule has 1 N–H and O–H groups in total. The van der Waals surface area contributed by atoms with Gasteiger partial charge >= 0.3 is 5.97 Å².